The molecule has 118 valence electrons. The van der Waals surface area contributed by atoms with Gasteiger partial charge in [0.25, 0.3) is 0 Å². The molecule has 0 aromatic heterocycles. The lowest BCUT2D eigenvalue weighted by Gasteiger charge is -2.23. The largest absolute Gasteiger partial charge is 0.353 e. The number of rotatable bonds is 5. The fourth-order valence-corrected chi connectivity index (χ4v) is 3.38. The molecule has 1 aliphatic heterocycles. The molecule has 22 heavy (non-hydrogen) atoms. The highest BCUT2D eigenvalue weighted by Crippen LogP contribution is 2.23. The fourth-order valence-electron chi connectivity index (χ4n) is 3.38. The normalized spacial score (nSPS) is 18.0. The first-order chi connectivity index (χ1) is 10.7. The molecule has 1 saturated heterocycles. The molecule has 0 spiro atoms. The van der Waals surface area contributed by atoms with Crippen molar-refractivity contribution in [2.75, 3.05) is 13.1 Å². The summed E-state index contributed by atoms with van der Waals surface area (Å²) >= 11 is 0. The van der Waals surface area contributed by atoms with Gasteiger partial charge >= 0.3 is 0 Å². The van der Waals surface area contributed by atoms with Crippen LogP contribution >= 0.6 is 0 Å². The summed E-state index contributed by atoms with van der Waals surface area (Å²) < 4.78 is 0. The summed E-state index contributed by atoms with van der Waals surface area (Å²) in [6.07, 6.45) is 5.94. The number of ketones is 1. The van der Waals surface area contributed by atoms with Crippen LogP contribution in [0.15, 0.2) is 18.2 Å². The summed E-state index contributed by atoms with van der Waals surface area (Å²) in [5.74, 6) is 0.0802. The van der Waals surface area contributed by atoms with Crippen molar-refractivity contribution in [3.8, 4) is 0 Å². The van der Waals surface area contributed by atoms with E-state index in [1.165, 1.54) is 17.5 Å². The van der Waals surface area contributed by atoms with Gasteiger partial charge in [0.15, 0.2) is 5.78 Å². The number of amides is 1. The minimum absolute atomic E-state index is 0.00131. The smallest absolute Gasteiger partial charge is 0.220 e. The summed E-state index contributed by atoms with van der Waals surface area (Å²) in [4.78, 5) is 24.2. The molecule has 4 nitrogen and oxygen atoms in total. The number of nitrogens with one attached hydrogen (secondary N) is 2. The predicted molar refractivity (Wildman–Crippen MR) is 86.1 cm³/mol. The van der Waals surface area contributed by atoms with Gasteiger partial charge in [0.2, 0.25) is 5.91 Å². The highest BCUT2D eigenvalue weighted by molar-refractivity contribution is 5.98. The zero-order valence-corrected chi connectivity index (χ0v) is 13.0. The molecule has 1 aromatic rings. The maximum absolute atomic E-state index is 12.3. The Morgan fingerprint density at radius 1 is 1.09 bits per heavy atom. The molecule has 1 amide bonds. The van der Waals surface area contributed by atoms with Crippen LogP contribution in [0.5, 0.6) is 0 Å². The first-order valence-corrected chi connectivity index (χ1v) is 8.37. The topological polar surface area (TPSA) is 58.2 Å². The maximum atomic E-state index is 12.3. The predicted octanol–water partition coefficient (Wildman–Crippen LogP) is 2.01. The van der Waals surface area contributed by atoms with E-state index in [4.69, 9.17) is 0 Å². The van der Waals surface area contributed by atoms with Gasteiger partial charge in [-0.05, 0) is 62.4 Å². The van der Waals surface area contributed by atoms with Gasteiger partial charge < -0.3 is 10.6 Å². The van der Waals surface area contributed by atoms with Crippen molar-refractivity contribution >= 4 is 11.7 Å². The third-order valence-electron chi connectivity index (χ3n) is 4.70. The average Bonchev–Trinajstić information content (AvgIpc) is 3.01. The van der Waals surface area contributed by atoms with E-state index in [9.17, 15) is 9.59 Å². The second-order valence-electron chi connectivity index (χ2n) is 6.35. The van der Waals surface area contributed by atoms with Crippen LogP contribution in [-0.2, 0) is 17.6 Å². The molecule has 2 N–H and O–H groups in total. The van der Waals surface area contributed by atoms with E-state index in [0.717, 1.165) is 44.3 Å². The summed E-state index contributed by atoms with van der Waals surface area (Å²) in [6, 6.07) is 6.28. The monoisotopic (exact) mass is 300 g/mol. The molecule has 4 heteroatoms. The summed E-state index contributed by atoms with van der Waals surface area (Å²) in [6.45, 7) is 1.91. The van der Waals surface area contributed by atoms with Crippen molar-refractivity contribution in [2.24, 2.45) is 0 Å². The van der Waals surface area contributed by atoms with Crippen molar-refractivity contribution in [3.63, 3.8) is 0 Å². The van der Waals surface area contributed by atoms with Crippen molar-refractivity contribution in [3.05, 3.63) is 34.9 Å². The molecule has 1 aliphatic carbocycles. The molecule has 2 aliphatic rings. The van der Waals surface area contributed by atoms with Crippen LogP contribution < -0.4 is 10.6 Å². The number of piperidine rings is 1. The second-order valence-corrected chi connectivity index (χ2v) is 6.35. The van der Waals surface area contributed by atoms with Crippen molar-refractivity contribution in [2.45, 2.75) is 51.0 Å². The Balaban J connectivity index is 1.48. The third-order valence-corrected chi connectivity index (χ3v) is 4.70. The van der Waals surface area contributed by atoms with Crippen LogP contribution in [0, 0.1) is 0 Å². The Kier molecular flexibility index (Phi) is 4.88. The van der Waals surface area contributed by atoms with Crippen LogP contribution in [0.4, 0.5) is 0 Å². The Morgan fingerprint density at radius 2 is 1.86 bits per heavy atom. The van der Waals surface area contributed by atoms with Gasteiger partial charge in [-0.25, -0.2) is 0 Å². The Bertz CT molecular complexity index is 562. The zero-order valence-electron chi connectivity index (χ0n) is 13.0. The number of aryl methyl sites for hydroxylation is 2. The SMILES string of the molecule is O=C(CCC(=O)c1ccc2c(c1)CCC2)NC1CCNCC1. The molecule has 0 saturated carbocycles. The molecular weight excluding hydrogens is 276 g/mol. The van der Waals surface area contributed by atoms with Crippen LogP contribution in [0.1, 0.15) is 53.6 Å². The van der Waals surface area contributed by atoms with Crippen molar-refractivity contribution in [1.82, 2.24) is 10.6 Å². The van der Waals surface area contributed by atoms with E-state index in [2.05, 4.69) is 16.7 Å². The molecule has 0 bridgehead atoms. The third kappa shape index (κ3) is 3.74. The average molecular weight is 300 g/mol. The Hall–Kier alpha value is -1.68. The van der Waals surface area contributed by atoms with Gasteiger partial charge in [0, 0.05) is 24.4 Å². The molecular formula is C18H24N2O2. The first-order valence-electron chi connectivity index (χ1n) is 8.37. The zero-order chi connectivity index (χ0) is 15.4. The number of hydrogen-bond acceptors (Lipinski definition) is 3. The van der Waals surface area contributed by atoms with Crippen molar-refractivity contribution in [1.29, 1.82) is 0 Å². The molecule has 1 fully saturated rings. The number of carbonyl (C=O) groups is 2. The van der Waals surface area contributed by atoms with Gasteiger partial charge in [-0.3, -0.25) is 9.59 Å². The number of fused-ring (bicyclic) bond motifs is 1. The Labute approximate surface area is 131 Å². The Morgan fingerprint density at radius 3 is 2.68 bits per heavy atom. The number of carbonyl (C=O) groups excluding carboxylic acids is 2. The molecule has 0 atom stereocenters. The van der Waals surface area contributed by atoms with E-state index >= 15 is 0 Å². The minimum atomic E-state index is 0.00131. The van der Waals surface area contributed by atoms with Gasteiger partial charge in [-0.15, -0.1) is 0 Å². The molecule has 0 unspecified atom stereocenters. The first kappa shape index (κ1) is 15.2. The summed E-state index contributed by atoms with van der Waals surface area (Å²) in [5, 5.41) is 6.31. The maximum Gasteiger partial charge on any atom is 0.220 e. The molecule has 0 radical (unpaired) electrons. The fraction of sp³-hybridized carbons (Fsp3) is 0.556. The highest BCUT2D eigenvalue weighted by Gasteiger charge is 2.17. The van der Waals surface area contributed by atoms with E-state index in [1.807, 2.05) is 12.1 Å². The van der Waals surface area contributed by atoms with E-state index in [-0.39, 0.29) is 17.7 Å². The molecule has 1 heterocycles. The van der Waals surface area contributed by atoms with Gasteiger partial charge in [-0.1, -0.05) is 12.1 Å². The van der Waals surface area contributed by atoms with E-state index in [1.54, 1.807) is 0 Å². The van der Waals surface area contributed by atoms with Crippen molar-refractivity contribution < 1.29 is 9.59 Å². The van der Waals surface area contributed by atoms with Gasteiger partial charge in [0.1, 0.15) is 0 Å². The van der Waals surface area contributed by atoms with Crippen LogP contribution in [-0.4, -0.2) is 30.8 Å². The lowest BCUT2D eigenvalue weighted by atomic mass is 10.0. The standard InChI is InChI=1S/C18H24N2O2/c21-17(15-5-4-13-2-1-3-14(13)12-15)6-7-18(22)20-16-8-10-19-11-9-16/h4-5,12,16,19H,1-3,6-11H2,(H,20,22). The van der Waals surface area contributed by atoms with E-state index in [0.29, 0.717) is 12.8 Å². The van der Waals surface area contributed by atoms with Crippen LogP contribution in [0.2, 0.25) is 0 Å². The van der Waals surface area contributed by atoms with Gasteiger partial charge in [-0.2, -0.15) is 0 Å². The number of Topliss-reactive ketones (excluding diaryl/α,β-unsaturated/α-hetero) is 1. The summed E-state index contributed by atoms with van der Waals surface area (Å²) in [7, 11) is 0. The van der Waals surface area contributed by atoms with Crippen LogP contribution in [0.3, 0.4) is 0 Å². The van der Waals surface area contributed by atoms with Gasteiger partial charge in [0.05, 0.1) is 0 Å². The second kappa shape index (κ2) is 7.05. The van der Waals surface area contributed by atoms with E-state index < -0.39 is 0 Å². The lowest BCUT2D eigenvalue weighted by Crippen LogP contribution is -2.42. The number of benzene rings is 1. The summed E-state index contributed by atoms with van der Waals surface area (Å²) in [5.41, 5.74) is 3.44. The highest BCUT2D eigenvalue weighted by atomic mass is 16.2. The minimum Gasteiger partial charge on any atom is -0.353 e. The number of hydrogen-bond donors (Lipinski definition) is 2. The quantitative estimate of drug-likeness (QED) is 0.818. The lowest BCUT2D eigenvalue weighted by molar-refractivity contribution is -0.121. The van der Waals surface area contributed by atoms with Crippen LogP contribution in [0.25, 0.3) is 0 Å². The molecule has 1 aromatic carbocycles. The molecule has 3 rings (SSSR count).